The van der Waals surface area contributed by atoms with E-state index in [1.165, 1.54) is 16.7 Å². The molecule has 23 heavy (non-hydrogen) atoms. The molecular formula is C19H22N2O2. The van der Waals surface area contributed by atoms with Gasteiger partial charge in [0.2, 0.25) is 5.88 Å². The number of hydrogen-bond acceptors (Lipinski definition) is 4. The zero-order chi connectivity index (χ0) is 15.5. The van der Waals surface area contributed by atoms with Gasteiger partial charge in [0, 0.05) is 31.3 Å². The standard InChI is InChI=1S/C19H22N2O2/c1-2-4-16-11-17(10-15(16)3-1)21-12-14-5-7-20-19(9-14)23-18-6-8-22-13-18/h1-5,7,9,17-18,21H,6,8,10-13H2/t18-/m1/s1. The van der Waals surface area contributed by atoms with Gasteiger partial charge in [0.25, 0.3) is 0 Å². The Morgan fingerprint density at radius 2 is 2.00 bits per heavy atom. The van der Waals surface area contributed by atoms with Gasteiger partial charge in [0.1, 0.15) is 6.10 Å². The summed E-state index contributed by atoms with van der Waals surface area (Å²) in [6, 6.07) is 13.3. The van der Waals surface area contributed by atoms with Crippen molar-refractivity contribution in [2.45, 2.75) is 38.0 Å². The molecule has 120 valence electrons. The number of fused-ring (bicyclic) bond motifs is 1. The van der Waals surface area contributed by atoms with Crippen molar-refractivity contribution >= 4 is 0 Å². The van der Waals surface area contributed by atoms with Crippen LogP contribution in [0.1, 0.15) is 23.1 Å². The van der Waals surface area contributed by atoms with Crippen molar-refractivity contribution < 1.29 is 9.47 Å². The molecule has 1 fully saturated rings. The van der Waals surface area contributed by atoms with Crippen molar-refractivity contribution in [3.63, 3.8) is 0 Å². The summed E-state index contributed by atoms with van der Waals surface area (Å²) in [6.07, 6.45) is 5.15. The summed E-state index contributed by atoms with van der Waals surface area (Å²) >= 11 is 0. The van der Waals surface area contributed by atoms with Gasteiger partial charge < -0.3 is 14.8 Å². The highest BCUT2D eigenvalue weighted by Crippen LogP contribution is 2.22. The summed E-state index contributed by atoms with van der Waals surface area (Å²) in [7, 11) is 0. The molecule has 0 spiro atoms. The highest BCUT2D eigenvalue weighted by atomic mass is 16.5. The lowest BCUT2D eigenvalue weighted by Gasteiger charge is -2.14. The van der Waals surface area contributed by atoms with Gasteiger partial charge in [-0.15, -0.1) is 0 Å². The van der Waals surface area contributed by atoms with Crippen LogP contribution in [0.4, 0.5) is 0 Å². The number of pyridine rings is 1. The van der Waals surface area contributed by atoms with E-state index in [0.29, 0.717) is 18.5 Å². The van der Waals surface area contributed by atoms with Gasteiger partial charge in [-0.1, -0.05) is 24.3 Å². The van der Waals surface area contributed by atoms with Crippen LogP contribution in [0, 0.1) is 0 Å². The molecule has 1 aliphatic heterocycles. The summed E-state index contributed by atoms with van der Waals surface area (Å²) in [5.41, 5.74) is 4.17. The monoisotopic (exact) mass is 310 g/mol. The molecule has 1 aliphatic carbocycles. The normalized spacial score (nSPS) is 20.6. The maximum Gasteiger partial charge on any atom is 0.213 e. The molecule has 4 heteroatoms. The minimum Gasteiger partial charge on any atom is -0.472 e. The third kappa shape index (κ3) is 3.54. The van der Waals surface area contributed by atoms with Gasteiger partial charge in [-0.2, -0.15) is 0 Å². The van der Waals surface area contributed by atoms with E-state index in [1.807, 2.05) is 18.3 Å². The lowest BCUT2D eigenvalue weighted by atomic mass is 10.1. The molecule has 1 N–H and O–H groups in total. The lowest BCUT2D eigenvalue weighted by Crippen LogP contribution is -2.29. The van der Waals surface area contributed by atoms with E-state index < -0.39 is 0 Å². The van der Waals surface area contributed by atoms with Crippen LogP contribution in [0.5, 0.6) is 5.88 Å². The molecule has 2 aliphatic rings. The number of nitrogens with one attached hydrogen (secondary N) is 1. The molecule has 1 saturated heterocycles. The van der Waals surface area contributed by atoms with Crippen LogP contribution < -0.4 is 10.1 Å². The van der Waals surface area contributed by atoms with E-state index in [1.54, 1.807) is 0 Å². The Kier molecular flexibility index (Phi) is 4.26. The molecule has 0 bridgehead atoms. The maximum atomic E-state index is 5.87. The lowest BCUT2D eigenvalue weighted by molar-refractivity contribution is 0.138. The molecule has 1 aromatic heterocycles. The first-order chi connectivity index (χ1) is 11.4. The topological polar surface area (TPSA) is 43.4 Å². The predicted molar refractivity (Wildman–Crippen MR) is 88.6 cm³/mol. The molecule has 4 nitrogen and oxygen atoms in total. The Balaban J connectivity index is 1.33. The maximum absolute atomic E-state index is 5.87. The highest BCUT2D eigenvalue weighted by Gasteiger charge is 2.20. The van der Waals surface area contributed by atoms with E-state index in [-0.39, 0.29) is 6.10 Å². The van der Waals surface area contributed by atoms with E-state index in [9.17, 15) is 0 Å². The Labute approximate surface area is 136 Å². The smallest absolute Gasteiger partial charge is 0.213 e. The Bertz CT molecular complexity index is 643. The number of hydrogen-bond donors (Lipinski definition) is 1. The van der Waals surface area contributed by atoms with Crippen molar-refractivity contribution in [3.05, 3.63) is 59.3 Å². The molecular weight excluding hydrogens is 288 g/mol. The van der Waals surface area contributed by atoms with Crippen LogP contribution in [-0.4, -0.2) is 30.3 Å². The van der Waals surface area contributed by atoms with Crippen LogP contribution in [0.15, 0.2) is 42.6 Å². The molecule has 2 heterocycles. The molecule has 1 atom stereocenters. The van der Waals surface area contributed by atoms with E-state index in [2.05, 4.69) is 34.6 Å². The van der Waals surface area contributed by atoms with E-state index >= 15 is 0 Å². The summed E-state index contributed by atoms with van der Waals surface area (Å²) in [6.45, 7) is 2.30. The molecule has 1 aromatic carbocycles. The van der Waals surface area contributed by atoms with E-state index in [4.69, 9.17) is 9.47 Å². The molecule has 0 amide bonds. The quantitative estimate of drug-likeness (QED) is 0.921. The van der Waals surface area contributed by atoms with E-state index in [0.717, 1.165) is 32.4 Å². The zero-order valence-electron chi connectivity index (χ0n) is 13.2. The van der Waals surface area contributed by atoms with Gasteiger partial charge in [-0.05, 0) is 35.6 Å². The van der Waals surface area contributed by atoms with Crippen molar-refractivity contribution in [1.82, 2.24) is 10.3 Å². The number of rotatable bonds is 5. The van der Waals surface area contributed by atoms with Gasteiger partial charge in [-0.3, -0.25) is 0 Å². The minimum atomic E-state index is 0.148. The second-order valence-electron chi connectivity index (χ2n) is 6.36. The predicted octanol–water partition coefficient (Wildman–Crippen LogP) is 2.51. The average Bonchev–Trinajstić information content (AvgIpc) is 3.22. The van der Waals surface area contributed by atoms with Gasteiger partial charge in [0.15, 0.2) is 0 Å². The van der Waals surface area contributed by atoms with Gasteiger partial charge >= 0.3 is 0 Å². The Hall–Kier alpha value is -1.91. The Morgan fingerprint density at radius 3 is 2.74 bits per heavy atom. The second-order valence-corrected chi connectivity index (χ2v) is 6.36. The molecule has 4 rings (SSSR count). The van der Waals surface area contributed by atoms with Gasteiger partial charge in [-0.25, -0.2) is 4.98 Å². The van der Waals surface area contributed by atoms with Crippen molar-refractivity contribution in [1.29, 1.82) is 0 Å². The summed E-state index contributed by atoms with van der Waals surface area (Å²) in [4.78, 5) is 4.31. The van der Waals surface area contributed by atoms with Crippen LogP contribution in [0.2, 0.25) is 0 Å². The fraction of sp³-hybridized carbons (Fsp3) is 0.421. The number of benzene rings is 1. The van der Waals surface area contributed by atoms with Crippen LogP contribution >= 0.6 is 0 Å². The zero-order valence-corrected chi connectivity index (χ0v) is 13.2. The molecule has 2 aromatic rings. The number of nitrogens with zero attached hydrogens (tertiary/aromatic N) is 1. The van der Waals surface area contributed by atoms with Crippen LogP contribution in [0.25, 0.3) is 0 Å². The second kappa shape index (κ2) is 6.69. The largest absolute Gasteiger partial charge is 0.472 e. The fourth-order valence-electron chi connectivity index (χ4n) is 3.37. The highest BCUT2D eigenvalue weighted by molar-refractivity contribution is 5.33. The summed E-state index contributed by atoms with van der Waals surface area (Å²) in [5, 5.41) is 3.66. The first kappa shape index (κ1) is 14.7. The third-order valence-electron chi connectivity index (χ3n) is 4.62. The fourth-order valence-corrected chi connectivity index (χ4v) is 3.37. The third-order valence-corrected chi connectivity index (χ3v) is 4.62. The van der Waals surface area contributed by atoms with Crippen LogP contribution in [-0.2, 0) is 24.1 Å². The number of aromatic nitrogens is 1. The first-order valence-corrected chi connectivity index (χ1v) is 8.36. The first-order valence-electron chi connectivity index (χ1n) is 8.36. The summed E-state index contributed by atoms with van der Waals surface area (Å²) < 4.78 is 11.2. The SMILES string of the molecule is c1ccc2c(c1)CC(NCc1ccnc(O[C@@H]3CCOC3)c1)C2. The summed E-state index contributed by atoms with van der Waals surface area (Å²) in [5.74, 6) is 0.703. The van der Waals surface area contributed by atoms with Crippen molar-refractivity contribution in [3.8, 4) is 5.88 Å². The molecule has 0 saturated carbocycles. The molecule has 0 unspecified atom stereocenters. The van der Waals surface area contributed by atoms with Crippen LogP contribution in [0.3, 0.4) is 0 Å². The average molecular weight is 310 g/mol. The minimum absolute atomic E-state index is 0.148. The molecule has 0 radical (unpaired) electrons. The van der Waals surface area contributed by atoms with Gasteiger partial charge in [0.05, 0.1) is 13.2 Å². The van der Waals surface area contributed by atoms with Crippen molar-refractivity contribution in [2.75, 3.05) is 13.2 Å². The van der Waals surface area contributed by atoms with Crippen molar-refractivity contribution in [2.24, 2.45) is 0 Å². The number of ether oxygens (including phenoxy) is 2. The Morgan fingerprint density at radius 1 is 1.17 bits per heavy atom.